The number of aryl methyl sites for hydroxylation is 2. The molecule has 0 spiro atoms. The molecule has 108 valence electrons. The van der Waals surface area contributed by atoms with Crippen molar-refractivity contribution in [1.29, 1.82) is 0 Å². The molecule has 1 rings (SSSR count). The lowest BCUT2D eigenvalue weighted by atomic mass is 10.1. The molecule has 1 heterocycles. The summed E-state index contributed by atoms with van der Waals surface area (Å²) in [5, 5.41) is 7.63. The third-order valence-corrected chi connectivity index (χ3v) is 3.67. The molecule has 1 N–H and O–H groups in total. The molecule has 1 unspecified atom stereocenters. The van der Waals surface area contributed by atoms with E-state index in [1.54, 1.807) is 0 Å². The third kappa shape index (κ3) is 3.82. The molecule has 19 heavy (non-hydrogen) atoms. The maximum Gasteiger partial charge on any atom is 0.244 e. The molecular formula is C15H27N3O. The first-order valence-electron chi connectivity index (χ1n) is 7.44. The standard InChI is InChI=1S/C15H27N3O/c1-6-12(7-2)16-15(19)11(5)18-14(9-4)10-13(8-3)17-18/h10-12H,6-9H2,1-5H3,(H,16,19). The predicted octanol–water partition coefficient (Wildman–Crippen LogP) is 2.87. The minimum absolute atomic E-state index is 0.0640. The van der Waals surface area contributed by atoms with Gasteiger partial charge in [-0.2, -0.15) is 5.10 Å². The minimum Gasteiger partial charge on any atom is -0.352 e. The molecule has 0 bridgehead atoms. The minimum atomic E-state index is -0.240. The third-order valence-electron chi connectivity index (χ3n) is 3.67. The Kier molecular flexibility index (Phi) is 6.06. The molecular weight excluding hydrogens is 238 g/mol. The van der Waals surface area contributed by atoms with Gasteiger partial charge in [-0.1, -0.05) is 27.7 Å². The van der Waals surface area contributed by atoms with E-state index in [0.29, 0.717) is 0 Å². The average Bonchev–Trinajstić information content (AvgIpc) is 2.86. The van der Waals surface area contributed by atoms with Crippen molar-refractivity contribution in [3.05, 3.63) is 17.5 Å². The number of carbonyl (C=O) groups is 1. The zero-order chi connectivity index (χ0) is 14.4. The fourth-order valence-electron chi connectivity index (χ4n) is 2.19. The van der Waals surface area contributed by atoms with Crippen molar-refractivity contribution in [2.75, 3.05) is 0 Å². The summed E-state index contributed by atoms with van der Waals surface area (Å²) in [5.74, 6) is 0.0640. The molecule has 1 atom stereocenters. The van der Waals surface area contributed by atoms with E-state index in [9.17, 15) is 4.79 Å². The van der Waals surface area contributed by atoms with Gasteiger partial charge < -0.3 is 5.32 Å². The number of carbonyl (C=O) groups excluding carboxylic acids is 1. The first-order valence-corrected chi connectivity index (χ1v) is 7.44. The molecule has 1 amide bonds. The molecule has 0 aromatic carbocycles. The van der Waals surface area contributed by atoms with Gasteiger partial charge in [-0.05, 0) is 38.7 Å². The Morgan fingerprint density at radius 2 is 1.89 bits per heavy atom. The SMILES string of the molecule is CCc1cc(CC)n(C(C)C(=O)NC(CC)CC)n1. The van der Waals surface area contributed by atoms with Crippen LogP contribution in [0.15, 0.2) is 6.07 Å². The zero-order valence-corrected chi connectivity index (χ0v) is 12.9. The van der Waals surface area contributed by atoms with Gasteiger partial charge in [0.15, 0.2) is 0 Å². The Morgan fingerprint density at radius 1 is 1.26 bits per heavy atom. The maximum absolute atomic E-state index is 12.3. The monoisotopic (exact) mass is 265 g/mol. The van der Waals surface area contributed by atoms with Crippen LogP contribution in [0.1, 0.15) is 64.9 Å². The van der Waals surface area contributed by atoms with Crippen LogP contribution in [0.3, 0.4) is 0 Å². The van der Waals surface area contributed by atoms with Crippen molar-refractivity contribution < 1.29 is 4.79 Å². The Balaban J connectivity index is 2.83. The van der Waals surface area contributed by atoms with E-state index >= 15 is 0 Å². The number of hydrogen-bond acceptors (Lipinski definition) is 2. The lowest BCUT2D eigenvalue weighted by molar-refractivity contribution is -0.125. The van der Waals surface area contributed by atoms with Crippen molar-refractivity contribution in [2.45, 2.75) is 72.4 Å². The van der Waals surface area contributed by atoms with Gasteiger partial charge in [-0.15, -0.1) is 0 Å². The van der Waals surface area contributed by atoms with E-state index in [2.05, 4.69) is 44.2 Å². The highest BCUT2D eigenvalue weighted by Gasteiger charge is 2.20. The Bertz CT molecular complexity index is 408. The van der Waals surface area contributed by atoms with E-state index in [1.807, 2.05) is 11.6 Å². The summed E-state index contributed by atoms with van der Waals surface area (Å²) in [6.45, 7) is 10.3. The number of amides is 1. The van der Waals surface area contributed by atoms with Gasteiger partial charge in [-0.25, -0.2) is 0 Å². The number of hydrogen-bond donors (Lipinski definition) is 1. The molecule has 4 nitrogen and oxygen atoms in total. The Morgan fingerprint density at radius 3 is 2.37 bits per heavy atom. The lowest BCUT2D eigenvalue weighted by Gasteiger charge is -2.20. The van der Waals surface area contributed by atoms with Crippen LogP contribution in [-0.4, -0.2) is 21.7 Å². The van der Waals surface area contributed by atoms with Crippen LogP contribution in [-0.2, 0) is 17.6 Å². The van der Waals surface area contributed by atoms with E-state index in [0.717, 1.165) is 37.1 Å². The highest BCUT2D eigenvalue weighted by Crippen LogP contribution is 2.14. The second-order valence-electron chi connectivity index (χ2n) is 4.98. The van der Waals surface area contributed by atoms with Gasteiger partial charge in [-0.3, -0.25) is 9.48 Å². The highest BCUT2D eigenvalue weighted by molar-refractivity contribution is 5.80. The van der Waals surface area contributed by atoms with Crippen LogP contribution in [0.25, 0.3) is 0 Å². The van der Waals surface area contributed by atoms with Gasteiger partial charge in [0.1, 0.15) is 6.04 Å². The predicted molar refractivity (Wildman–Crippen MR) is 78.2 cm³/mol. The van der Waals surface area contributed by atoms with Crippen LogP contribution in [0.4, 0.5) is 0 Å². The smallest absolute Gasteiger partial charge is 0.244 e. The summed E-state index contributed by atoms with van der Waals surface area (Å²) in [4.78, 5) is 12.3. The molecule has 0 aliphatic heterocycles. The van der Waals surface area contributed by atoms with Gasteiger partial charge in [0.25, 0.3) is 0 Å². The summed E-state index contributed by atoms with van der Waals surface area (Å²) < 4.78 is 1.87. The molecule has 4 heteroatoms. The summed E-state index contributed by atoms with van der Waals surface area (Å²) in [5.41, 5.74) is 2.18. The van der Waals surface area contributed by atoms with Crippen molar-refractivity contribution in [1.82, 2.24) is 15.1 Å². The molecule has 0 saturated heterocycles. The Hall–Kier alpha value is -1.32. The molecule has 0 aliphatic rings. The molecule has 0 aliphatic carbocycles. The quantitative estimate of drug-likeness (QED) is 0.824. The Labute approximate surface area is 116 Å². The van der Waals surface area contributed by atoms with Gasteiger partial charge in [0.2, 0.25) is 5.91 Å². The van der Waals surface area contributed by atoms with Crippen LogP contribution in [0, 0.1) is 0 Å². The average molecular weight is 265 g/mol. The van der Waals surface area contributed by atoms with Crippen LogP contribution in [0.2, 0.25) is 0 Å². The van der Waals surface area contributed by atoms with Gasteiger partial charge in [0, 0.05) is 11.7 Å². The van der Waals surface area contributed by atoms with Crippen LogP contribution in [0.5, 0.6) is 0 Å². The van der Waals surface area contributed by atoms with Gasteiger partial charge in [0.05, 0.1) is 5.69 Å². The molecule has 0 radical (unpaired) electrons. The van der Waals surface area contributed by atoms with E-state index in [-0.39, 0.29) is 18.0 Å². The van der Waals surface area contributed by atoms with Crippen molar-refractivity contribution in [3.8, 4) is 0 Å². The molecule has 0 saturated carbocycles. The van der Waals surface area contributed by atoms with Crippen LogP contribution < -0.4 is 5.32 Å². The number of nitrogens with one attached hydrogen (secondary N) is 1. The second kappa shape index (κ2) is 7.31. The first kappa shape index (κ1) is 15.7. The van der Waals surface area contributed by atoms with Crippen molar-refractivity contribution in [2.24, 2.45) is 0 Å². The summed E-state index contributed by atoms with van der Waals surface area (Å²) in [6, 6.07) is 2.12. The fourth-order valence-corrected chi connectivity index (χ4v) is 2.19. The first-order chi connectivity index (χ1) is 9.07. The van der Waals surface area contributed by atoms with E-state index in [4.69, 9.17) is 0 Å². The van der Waals surface area contributed by atoms with E-state index in [1.165, 1.54) is 0 Å². The lowest BCUT2D eigenvalue weighted by Crippen LogP contribution is -2.38. The van der Waals surface area contributed by atoms with E-state index < -0.39 is 0 Å². The van der Waals surface area contributed by atoms with Crippen molar-refractivity contribution in [3.63, 3.8) is 0 Å². The molecule has 0 fully saturated rings. The largest absolute Gasteiger partial charge is 0.352 e. The normalized spacial score (nSPS) is 12.7. The number of rotatable bonds is 7. The topological polar surface area (TPSA) is 46.9 Å². The summed E-state index contributed by atoms with van der Waals surface area (Å²) >= 11 is 0. The van der Waals surface area contributed by atoms with Crippen LogP contribution >= 0.6 is 0 Å². The zero-order valence-electron chi connectivity index (χ0n) is 12.9. The van der Waals surface area contributed by atoms with Gasteiger partial charge >= 0.3 is 0 Å². The van der Waals surface area contributed by atoms with Crippen molar-refractivity contribution >= 4 is 5.91 Å². The number of aromatic nitrogens is 2. The summed E-state index contributed by atoms with van der Waals surface area (Å²) in [7, 11) is 0. The second-order valence-corrected chi connectivity index (χ2v) is 4.98. The highest BCUT2D eigenvalue weighted by atomic mass is 16.2. The fraction of sp³-hybridized carbons (Fsp3) is 0.733. The molecule has 1 aromatic heterocycles. The molecule has 1 aromatic rings. The summed E-state index contributed by atoms with van der Waals surface area (Å²) in [6.07, 6.45) is 3.74. The number of nitrogens with zero attached hydrogens (tertiary/aromatic N) is 2. The maximum atomic E-state index is 12.3.